The van der Waals surface area contributed by atoms with Crippen molar-refractivity contribution >= 4 is 39.3 Å². The van der Waals surface area contributed by atoms with Crippen molar-refractivity contribution in [3.63, 3.8) is 0 Å². The minimum Gasteiger partial charge on any atom is -0.444 e. The molecule has 0 spiro atoms. The molecule has 0 aromatic carbocycles. The summed E-state index contributed by atoms with van der Waals surface area (Å²) in [5.74, 6) is -0.584. The molecule has 162 valence electrons. The van der Waals surface area contributed by atoms with Crippen LogP contribution in [0, 0.1) is 0 Å². The normalized spacial score (nSPS) is 21.0. The molecule has 1 saturated heterocycles. The standard InChI is InChI=1S/C21H31BrN2O4S/c1-20(2,3)28-19(26)24-13-11-23(12-14-24)18(25)17(15-7-8-16(22)29-15)21(27)9-5-4-6-10-21/h7-8,17,27H,4-6,9-14H2,1-3H3. The smallest absolute Gasteiger partial charge is 0.410 e. The number of hydrogen-bond donors (Lipinski definition) is 1. The fourth-order valence-electron chi connectivity index (χ4n) is 4.17. The van der Waals surface area contributed by atoms with Gasteiger partial charge in [0.05, 0.1) is 9.39 Å². The SMILES string of the molecule is CC(C)(C)OC(=O)N1CCN(C(=O)C(c2ccc(Br)s2)C2(O)CCCCC2)CC1. The number of amides is 2. The first-order valence-corrected chi connectivity index (χ1v) is 11.9. The number of rotatable bonds is 3. The van der Waals surface area contributed by atoms with E-state index in [9.17, 15) is 14.7 Å². The zero-order valence-corrected chi connectivity index (χ0v) is 19.9. The maximum Gasteiger partial charge on any atom is 0.410 e. The molecule has 1 unspecified atom stereocenters. The van der Waals surface area contributed by atoms with Crippen LogP contribution in [0.1, 0.15) is 63.7 Å². The second-order valence-electron chi connectivity index (χ2n) is 9.03. The number of ether oxygens (including phenoxy) is 1. The Labute approximate surface area is 185 Å². The van der Waals surface area contributed by atoms with Crippen molar-refractivity contribution in [3.05, 3.63) is 20.8 Å². The monoisotopic (exact) mass is 486 g/mol. The van der Waals surface area contributed by atoms with Crippen LogP contribution in [0.15, 0.2) is 15.9 Å². The van der Waals surface area contributed by atoms with Gasteiger partial charge in [0.25, 0.3) is 0 Å². The maximum atomic E-state index is 13.5. The van der Waals surface area contributed by atoms with Crippen molar-refractivity contribution in [3.8, 4) is 0 Å². The van der Waals surface area contributed by atoms with E-state index in [-0.39, 0.29) is 12.0 Å². The minimum absolute atomic E-state index is 0.0346. The lowest BCUT2D eigenvalue weighted by Crippen LogP contribution is -2.55. The third kappa shape index (κ3) is 5.52. The summed E-state index contributed by atoms with van der Waals surface area (Å²) in [6.45, 7) is 7.34. The lowest BCUT2D eigenvalue weighted by molar-refractivity contribution is -0.143. The van der Waals surface area contributed by atoms with Crippen molar-refractivity contribution in [2.45, 2.75) is 70.0 Å². The van der Waals surface area contributed by atoms with Crippen LogP contribution in [0.25, 0.3) is 0 Å². The maximum absolute atomic E-state index is 13.5. The van der Waals surface area contributed by atoms with Crippen LogP contribution in [0.3, 0.4) is 0 Å². The van der Waals surface area contributed by atoms with E-state index in [0.717, 1.165) is 27.9 Å². The van der Waals surface area contributed by atoms with Crippen molar-refractivity contribution in [2.24, 2.45) is 0 Å². The molecular formula is C21H31BrN2O4S. The predicted molar refractivity (Wildman–Crippen MR) is 117 cm³/mol. The minimum atomic E-state index is -0.998. The Hall–Kier alpha value is -1.12. The van der Waals surface area contributed by atoms with E-state index in [1.807, 2.05) is 32.9 Å². The van der Waals surface area contributed by atoms with Gasteiger partial charge in [0.15, 0.2) is 0 Å². The molecule has 1 aliphatic carbocycles. The van der Waals surface area contributed by atoms with E-state index in [1.165, 1.54) is 11.3 Å². The fraction of sp³-hybridized carbons (Fsp3) is 0.714. The summed E-state index contributed by atoms with van der Waals surface area (Å²) in [5, 5.41) is 11.4. The van der Waals surface area contributed by atoms with E-state index >= 15 is 0 Å². The van der Waals surface area contributed by atoms with Crippen LogP contribution in [-0.2, 0) is 9.53 Å². The zero-order chi connectivity index (χ0) is 21.2. The van der Waals surface area contributed by atoms with Gasteiger partial charge in [-0.3, -0.25) is 4.79 Å². The largest absolute Gasteiger partial charge is 0.444 e. The molecule has 29 heavy (non-hydrogen) atoms. The average molecular weight is 487 g/mol. The number of carbonyl (C=O) groups is 2. The number of carbonyl (C=O) groups excluding carboxylic acids is 2. The average Bonchev–Trinajstić information content (AvgIpc) is 3.06. The zero-order valence-electron chi connectivity index (χ0n) is 17.4. The summed E-state index contributed by atoms with van der Waals surface area (Å²) >= 11 is 5.01. The molecule has 1 aromatic heterocycles. The Morgan fingerprint density at radius 3 is 2.21 bits per heavy atom. The van der Waals surface area contributed by atoms with Crippen molar-refractivity contribution in [2.75, 3.05) is 26.2 Å². The van der Waals surface area contributed by atoms with E-state index in [1.54, 1.807) is 9.80 Å². The highest BCUT2D eigenvalue weighted by molar-refractivity contribution is 9.11. The van der Waals surface area contributed by atoms with E-state index in [0.29, 0.717) is 39.0 Å². The summed E-state index contributed by atoms with van der Waals surface area (Å²) in [7, 11) is 0. The molecule has 8 heteroatoms. The summed E-state index contributed by atoms with van der Waals surface area (Å²) in [5.41, 5.74) is -1.53. The number of nitrogens with zero attached hydrogens (tertiary/aromatic N) is 2. The molecule has 1 aliphatic heterocycles. The third-order valence-electron chi connectivity index (χ3n) is 5.63. The Kier molecular flexibility index (Phi) is 6.95. The number of aliphatic hydroxyl groups is 1. The van der Waals surface area contributed by atoms with Crippen LogP contribution in [-0.4, -0.2) is 64.3 Å². The van der Waals surface area contributed by atoms with Crippen LogP contribution in [0.5, 0.6) is 0 Å². The molecule has 2 amide bonds. The predicted octanol–water partition coefficient (Wildman–Crippen LogP) is 4.37. The van der Waals surface area contributed by atoms with Gasteiger partial charge in [-0.15, -0.1) is 11.3 Å². The molecule has 2 aliphatic rings. The second kappa shape index (κ2) is 8.94. The molecule has 2 heterocycles. The van der Waals surface area contributed by atoms with Crippen molar-refractivity contribution in [1.82, 2.24) is 9.80 Å². The van der Waals surface area contributed by atoms with Crippen molar-refractivity contribution in [1.29, 1.82) is 0 Å². The number of halogens is 1. The molecule has 3 rings (SSSR count). The highest BCUT2D eigenvalue weighted by Gasteiger charge is 2.46. The first kappa shape index (κ1) is 22.6. The van der Waals surface area contributed by atoms with Gasteiger partial charge in [-0.05, 0) is 61.7 Å². The van der Waals surface area contributed by atoms with Gasteiger partial charge < -0.3 is 19.6 Å². The summed E-state index contributed by atoms with van der Waals surface area (Å²) in [6, 6.07) is 3.88. The topological polar surface area (TPSA) is 70.1 Å². The highest BCUT2D eigenvalue weighted by atomic mass is 79.9. The quantitative estimate of drug-likeness (QED) is 0.688. The van der Waals surface area contributed by atoms with Crippen LogP contribution < -0.4 is 0 Å². The third-order valence-corrected chi connectivity index (χ3v) is 7.31. The van der Waals surface area contributed by atoms with Gasteiger partial charge in [-0.1, -0.05) is 19.3 Å². The molecule has 2 fully saturated rings. The molecule has 1 atom stereocenters. The summed E-state index contributed by atoms with van der Waals surface area (Å²) < 4.78 is 6.40. The highest BCUT2D eigenvalue weighted by Crippen LogP contribution is 2.44. The molecule has 1 aromatic rings. The first-order chi connectivity index (χ1) is 13.6. The molecular weight excluding hydrogens is 456 g/mol. The first-order valence-electron chi connectivity index (χ1n) is 10.3. The van der Waals surface area contributed by atoms with E-state index < -0.39 is 17.1 Å². The lowest BCUT2D eigenvalue weighted by Gasteiger charge is -2.42. The van der Waals surface area contributed by atoms with Gasteiger partial charge in [-0.25, -0.2) is 4.79 Å². The van der Waals surface area contributed by atoms with Gasteiger partial charge in [0, 0.05) is 31.1 Å². The Morgan fingerprint density at radius 2 is 1.69 bits per heavy atom. The fourth-order valence-corrected chi connectivity index (χ4v) is 5.80. The molecule has 0 radical (unpaired) electrons. The Morgan fingerprint density at radius 1 is 1.10 bits per heavy atom. The molecule has 1 saturated carbocycles. The molecule has 6 nitrogen and oxygen atoms in total. The number of piperazine rings is 1. The van der Waals surface area contributed by atoms with Crippen molar-refractivity contribution < 1.29 is 19.4 Å². The van der Waals surface area contributed by atoms with Crippen LogP contribution in [0.4, 0.5) is 4.79 Å². The van der Waals surface area contributed by atoms with Crippen LogP contribution in [0.2, 0.25) is 0 Å². The Balaban J connectivity index is 1.72. The van der Waals surface area contributed by atoms with Gasteiger partial charge in [0.1, 0.15) is 11.5 Å². The van der Waals surface area contributed by atoms with Gasteiger partial charge in [-0.2, -0.15) is 0 Å². The Bertz CT molecular complexity index is 731. The van der Waals surface area contributed by atoms with E-state index in [2.05, 4.69) is 15.9 Å². The van der Waals surface area contributed by atoms with Crippen LogP contribution >= 0.6 is 27.3 Å². The molecule has 1 N–H and O–H groups in total. The number of thiophene rings is 1. The van der Waals surface area contributed by atoms with Gasteiger partial charge >= 0.3 is 6.09 Å². The lowest BCUT2D eigenvalue weighted by atomic mass is 9.74. The summed E-state index contributed by atoms with van der Waals surface area (Å²) in [6.07, 6.45) is 3.95. The van der Waals surface area contributed by atoms with Gasteiger partial charge in [0.2, 0.25) is 5.91 Å². The molecule has 0 bridgehead atoms. The summed E-state index contributed by atoms with van der Waals surface area (Å²) in [4.78, 5) is 30.2. The van der Waals surface area contributed by atoms with E-state index in [4.69, 9.17) is 4.74 Å². The number of hydrogen-bond acceptors (Lipinski definition) is 5. The second-order valence-corrected chi connectivity index (χ2v) is 11.5.